The topological polar surface area (TPSA) is 32.3 Å². The number of rotatable bonds is 4. The third-order valence-electron chi connectivity index (χ3n) is 3.36. The summed E-state index contributed by atoms with van der Waals surface area (Å²) in [5, 5.41) is 3.17. The summed E-state index contributed by atoms with van der Waals surface area (Å²) in [6.07, 6.45) is 0. The van der Waals surface area contributed by atoms with E-state index < -0.39 is 0 Å². The van der Waals surface area contributed by atoms with Gasteiger partial charge in [-0.15, -0.1) is 0 Å². The number of carbonyl (C=O) groups excluding carboxylic acids is 1. The highest BCUT2D eigenvalue weighted by Gasteiger charge is 2.14. The van der Waals surface area contributed by atoms with Crippen molar-refractivity contribution in [3.63, 3.8) is 0 Å². The molecule has 0 atom stereocenters. The van der Waals surface area contributed by atoms with Crippen LogP contribution in [0.2, 0.25) is 0 Å². The summed E-state index contributed by atoms with van der Waals surface area (Å²) in [6.45, 7) is 10.9. The Hall–Kier alpha value is -1.51. The van der Waals surface area contributed by atoms with Crippen molar-refractivity contribution in [1.82, 2.24) is 4.90 Å². The second-order valence-electron chi connectivity index (χ2n) is 6.28. The summed E-state index contributed by atoms with van der Waals surface area (Å²) in [5.41, 5.74) is 2.44. The first-order valence-corrected chi connectivity index (χ1v) is 6.82. The Balaban J connectivity index is 2.58. The molecule has 1 amide bonds. The van der Waals surface area contributed by atoms with Gasteiger partial charge >= 0.3 is 0 Å². The number of carbonyl (C=O) groups is 1. The van der Waals surface area contributed by atoms with Crippen molar-refractivity contribution in [2.24, 2.45) is 0 Å². The molecule has 19 heavy (non-hydrogen) atoms. The zero-order valence-electron chi connectivity index (χ0n) is 12.9. The van der Waals surface area contributed by atoms with E-state index >= 15 is 0 Å². The summed E-state index contributed by atoms with van der Waals surface area (Å²) in [6, 6.07) is 8.52. The van der Waals surface area contributed by atoms with Gasteiger partial charge in [0.05, 0.1) is 6.54 Å². The second-order valence-corrected chi connectivity index (χ2v) is 6.28. The van der Waals surface area contributed by atoms with Crippen LogP contribution in [0.5, 0.6) is 0 Å². The lowest BCUT2D eigenvalue weighted by atomic mass is 9.87. The molecule has 1 aromatic rings. The molecule has 0 aliphatic rings. The highest BCUT2D eigenvalue weighted by molar-refractivity contribution is 5.80. The van der Waals surface area contributed by atoms with E-state index in [1.165, 1.54) is 5.56 Å². The molecule has 1 aromatic carbocycles. The van der Waals surface area contributed by atoms with Gasteiger partial charge in [-0.2, -0.15) is 0 Å². The van der Waals surface area contributed by atoms with Crippen molar-refractivity contribution in [2.45, 2.75) is 46.1 Å². The molecule has 0 unspecified atom stereocenters. The Morgan fingerprint density at radius 3 is 2.16 bits per heavy atom. The molecule has 1 rings (SSSR count). The molecule has 0 saturated carbocycles. The fraction of sp³-hybridized carbons (Fsp3) is 0.562. The summed E-state index contributed by atoms with van der Waals surface area (Å²) >= 11 is 0. The minimum Gasteiger partial charge on any atom is -0.376 e. The lowest BCUT2D eigenvalue weighted by Gasteiger charge is -2.22. The predicted molar refractivity (Wildman–Crippen MR) is 81.5 cm³/mol. The van der Waals surface area contributed by atoms with Gasteiger partial charge in [-0.1, -0.05) is 32.9 Å². The Morgan fingerprint density at radius 1 is 1.21 bits per heavy atom. The van der Waals surface area contributed by atoms with Crippen LogP contribution in [0.25, 0.3) is 0 Å². The number of anilines is 1. The molecule has 0 aliphatic heterocycles. The molecule has 1 N–H and O–H groups in total. The molecule has 0 radical (unpaired) electrons. The monoisotopic (exact) mass is 262 g/mol. The van der Waals surface area contributed by atoms with Crippen molar-refractivity contribution in [3.8, 4) is 0 Å². The maximum absolute atomic E-state index is 11.8. The summed E-state index contributed by atoms with van der Waals surface area (Å²) < 4.78 is 0. The Morgan fingerprint density at radius 2 is 1.74 bits per heavy atom. The van der Waals surface area contributed by atoms with Crippen LogP contribution in [0.4, 0.5) is 5.69 Å². The van der Waals surface area contributed by atoms with Crippen molar-refractivity contribution < 1.29 is 4.79 Å². The molecule has 0 aromatic heterocycles. The number of likely N-dealkylation sites (N-methyl/N-ethyl adjacent to an activating group) is 1. The van der Waals surface area contributed by atoms with E-state index in [-0.39, 0.29) is 17.4 Å². The van der Waals surface area contributed by atoms with Crippen molar-refractivity contribution in [3.05, 3.63) is 29.8 Å². The Labute approximate surface area is 117 Å². The molecular weight excluding hydrogens is 236 g/mol. The van der Waals surface area contributed by atoms with E-state index in [0.29, 0.717) is 6.54 Å². The van der Waals surface area contributed by atoms with Gasteiger partial charge in [-0.25, -0.2) is 0 Å². The SMILES string of the molecule is CC(C)N(C)C(=O)CNc1ccc(C(C)(C)C)cc1. The normalized spacial score (nSPS) is 11.5. The Bertz CT molecular complexity index is 415. The predicted octanol–water partition coefficient (Wildman–Crippen LogP) is 3.26. The average Bonchev–Trinajstić information content (AvgIpc) is 2.34. The third-order valence-corrected chi connectivity index (χ3v) is 3.36. The van der Waals surface area contributed by atoms with E-state index in [0.717, 1.165) is 5.69 Å². The zero-order valence-corrected chi connectivity index (χ0v) is 12.9. The highest BCUT2D eigenvalue weighted by atomic mass is 16.2. The summed E-state index contributed by atoms with van der Waals surface area (Å²) in [4.78, 5) is 13.6. The van der Waals surface area contributed by atoms with Gasteiger partial charge in [0.25, 0.3) is 0 Å². The number of nitrogens with one attached hydrogen (secondary N) is 1. The molecule has 0 aliphatic carbocycles. The van der Waals surface area contributed by atoms with Crippen LogP contribution in [0, 0.1) is 0 Å². The minimum atomic E-state index is 0.106. The average molecular weight is 262 g/mol. The van der Waals surface area contributed by atoms with E-state index in [1.807, 2.05) is 33.0 Å². The lowest BCUT2D eigenvalue weighted by Crippen LogP contribution is -2.37. The molecule has 3 heteroatoms. The first-order chi connectivity index (χ1) is 8.71. The zero-order chi connectivity index (χ0) is 14.6. The molecule has 3 nitrogen and oxygen atoms in total. The van der Waals surface area contributed by atoms with Crippen molar-refractivity contribution >= 4 is 11.6 Å². The van der Waals surface area contributed by atoms with Crippen LogP contribution in [0.1, 0.15) is 40.2 Å². The van der Waals surface area contributed by atoms with E-state index in [9.17, 15) is 4.79 Å². The molecule has 106 valence electrons. The quantitative estimate of drug-likeness (QED) is 0.903. The smallest absolute Gasteiger partial charge is 0.241 e. The van der Waals surface area contributed by atoms with Crippen LogP contribution in [0.3, 0.4) is 0 Å². The third kappa shape index (κ3) is 4.58. The maximum Gasteiger partial charge on any atom is 0.241 e. The maximum atomic E-state index is 11.8. The van der Waals surface area contributed by atoms with Crippen molar-refractivity contribution in [1.29, 1.82) is 0 Å². The second kappa shape index (κ2) is 6.09. The lowest BCUT2D eigenvalue weighted by molar-refractivity contribution is -0.129. The fourth-order valence-electron chi connectivity index (χ4n) is 1.68. The number of benzene rings is 1. The van der Waals surface area contributed by atoms with Crippen LogP contribution >= 0.6 is 0 Å². The largest absolute Gasteiger partial charge is 0.376 e. The van der Waals surface area contributed by atoms with Gasteiger partial charge < -0.3 is 10.2 Å². The highest BCUT2D eigenvalue weighted by Crippen LogP contribution is 2.23. The van der Waals surface area contributed by atoms with Gasteiger partial charge in [-0.05, 0) is 37.0 Å². The van der Waals surface area contributed by atoms with Gasteiger partial charge in [-0.3, -0.25) is 4.79 Å². The number of amides is 1. The van der Waals surface area contributed by atoms with Crippen LogP contribution < -0.4 is 5.32 Å². The molecule has 0 spiro atoms. The molecule has 0 saturated heterocycles. The molecule has 0 fully saturated rings. The van der Waals surface area contributed by atoms with Crippen LogP contribution in [-0.2, 0) is 10.2 Å². The number of hydrogen-bond acceptors (Lipinski definition) is 2. The first-order valence-electron chi connectivity index (χ1n) is 6.82. The van der Waals surface area contributed by atoms with Gasteiger partial charge in [0.1, 0.15) is 0 Å². The fourth-order valence-corrected chi connectivity index (χ4v) is 1.68. The molecule has 0 heterocycles. The van der Waals surface area contributed by atoms with Crippen molar-refractivity contribution in [2.75, 3.05) is 18.9 Å². The van der Waals surface area contributed by atoms with E-state index in [4.69, 9.17) is 0 Å². The van der Waals surface area contributed by atoms with Gasteiger partial charge in [0.15, 0.2) is 0 Å². The molecule has 0 bridgehead atoms. The number of nitrogens with zero attached hydrogens (tertiary/aromatic N) is 1. The standard InChI is InChI=1S/C16H26N2O/c1-12(2)18(6)15(19)11-17-14-9-7-13(8-10-14)16(3,4)5/h7-10,12,17H,11H2,1-6H3. The molecular formula is C16H26N2O. The minimum absolute atomic E-state index is 0.106. The summed E-state index contributed by atoms with van der Waals surface area (Å²) in [5.74, 6) is 0.106. The summed E-state index contributed by atoms with van der Waals surface area (Å²) in [7, 11) is 1.83. The first kappa shape index (κ1) is 15.5. The van der Waals surface area contributed by atoms with Gasteiger partial charge in [0.2, 0.25) is 5.91 Å². The van der Waals surface area contributed by atoms with Gasteiger partial charge in [0, 0.05) is 18.8 Å². The van der Waals surface area contributed by atoms with Crippen LogP contribution in [-0.4, -0.2) is 30.4 Å². The van der Waals surface area contributed by atoms with E-state index in [2.05, 4.69) is 38.2 Å². The van der Waals surface area contributed by atoms with E-state index in [1.54, 1.807) is 4.90 Å². The number of hydrogen-bond donors (Lipinski definition) is 1. The Kier molecular flexibility index (Phi) is 4.98. The van der Waals surface area contributed by atoms with Crippen LogP contribution in [0.15, 0.2) is 24.3 Å².